The molecule has 2 N–H and O–H groups in total. The van der Waals surface area contributed by atoms with Gasteiger partial charge in [-0.25, -0.2) is 13.6 Å². The van der Waals surface area contributed by atoms with E-state index >= 15 is 0 Å². The van der Waals surface area contributed by atoms with Crippen LogP contribution in [-0.4, -0.2) is 32.3 Å². The van der Waals surface area contributed by atoms with Crippen LogP contribution in [0.4, 0.5) is 0 Å². The van der Waals surface area contributed by atoms with Crippen molar-refractivity contribution in [3.63, 3.8) is 0 Å². The van der Waals surface area contributed by atoms with Crippen LogP contribution in [-0.2, 0) is 16.4 Å². The number of hydrogen-bond acceptors (Lipinski definition) is 4. The minimum Gasteiger partial charge on any atom is -0.455 e. The Balaban J connectivity index is 1.69. The number of primary sulfonamides is 1. The summed E-state index contributed by atoms with van der Waals surface area (Å²) in [7, 11) is -3.89. The number of likely N-dealkylation sites (tertiary alicyclic amines) is 1. The van der Waals surface area contributed by atoms with Gasteiger partial charge in [0.2, 0.25) is 10.0 Å². The summed E-state index contributed by atoms with van der Waals surface area (Å²) in [5, 5.41) is 5.12. The summed E-state index contributed by atoms with van der Waals surface area (Å²) < 4.78 is 28.2. The maximum absolute atomic E-state index is 12.5. The highest BCUT2D eigenvalue weighted by atomic mass is 32.2. The van der Waals surface area contributed by atoms with Crippen LogP contribution < -0.4 is 5.14 Å². The number of nitrogens with zero attached hydrogens (tertiary/aromatic N) is 1. The Hall–Kier alpha value is -2.12. The number of nitrogens with two attached hydrogens (primary N) is 1. The first-order chi connectivity index (χ1) is 11.3. The van der Waals surface area contributed by atoms with Gasteiger partial charge >= 0.3 is 0 Å². The number of carbonyl (C=O) groups excluding carboxylic acids is 1. The molecule has 1 aliphatic rings. The van der Waals surface area contributed by atoms with Crippen molar-refractivity contribution < 1.29 is 17.6 Å². The van der Waals surface area contributed by atoms with Gasteiger partial charge < -0.3 is 9.32 Å². The van der Waals surface area contributed by atoms with Gasteiger partial charge in [-0.15, -0.1) is 0 Å². The second kappa shape index (κ2) is 6.41. The molecule has 0 unspecified atom stereocenters. The van der Waals surface area contributed by atoms with Crippen LogP contribution in [0.5, 0.6) is 0 Å². The molecule has 1 saturated heterocycles. The summed E-state index contributed by atoms with van der Waals surface area (Å²) in [6, 6.07) is 11.4. The van der Waals surface area contributed by atoms with Crippen LogP contribution in [0.3, 0.4) is 0 Å². The average molecular weight is 348 g/mol. The minimum atomic E-state index is -3.89. The molecule has 0 saturated carbocycles. The van der Waals surface area contributed by atoms with Crippen LogP contribution >= 0.6 is 0 Å². The fraction of sp³-hybridized carbons (Fsp3) is 0.353. The number of furan rings is 1. The van der Waals surface area contributed by atoms with Crippen molar-refractivity contribution in [3.8, 4) is 0 Å². The van der Waals surface area contributed by atoms with Gasteiger partial charge in [-0.3, -0.25) is 4.79 Å². The predicted octanol–water partition coefficient (Wildman–Crippen LogP) is 1.94. The van der Waals surface area contributed by atoms with Gasteiger partial charge in [0.05, 0.1) is 0 Å². The van der Waals surface area contributed by atoms with E-state index in [-0.39, 0.29) is 22.3 Å². The molecule has 1 aromatic heterocycles. The molecule has 2 aromatic rings. The molecule has 24 heavy (non-hydrogen) atoms. The first kappa shape index (κ1) is 16.7. The van der Waals surface area contributed by atoms with Gasteiger partial charge in [0.1, 0.15) is 10.7 Å². The van der Waals surface area contributed by atoms with Crippen LogP contribution in [0.2, 0.25) is 0 Å². The lowest BCUT2D eigenvalue weighted by atomic mass is 9.99. The first-order valence-electron chi connectivity index (χ1n) is 7.81. The van der Waals surface area contributed by atoms with Crippen LogP contribution in [0, 0.1) is 12.8 Å². The topological polar surface area (TPSA) is 93.6 Å². The van der Waals surface area contributed by atoms with E-state index in [4.69, 9.17) is 9.56 Å². The maximum Gasteiger partial charge on any atom is 0.289 e. The number of carbonyl (C=O) groups is 1. The predicted molar refractivity (Wildman–Crippen MR) is 89.0 cm³/mol. The van der Waals surface area contributed by atoms with Crippen molar-refractivity contribution in [2.45, 2.75) is 24.7 Å². The van der Waals surface area contributed by atoms with Crippen molar-refractivity contribution in [1.82, 2.24) is 4.90 Å². The highest BCUT2D eigenvalue weighted by Gasteiger charge is 2.30. The van der Waals surface area contributed by atoms with Crippen molar-refractivity contribution >= 4 is 15.9 Å². The first-order valence-corrected chi connectivity index (χ1v) is 9.35. The molecule has 0 aliphatic carbocycles. The summed E-state index contributed by atoms with van der Waals surface area (Å²) in [5.74, 6) is 0.270. The fourth-order valence-electron chi connectivity index (χ4n) is 3.14. The quantitative estimate of drug-likeness (QED) is 0.914. The zero-order chi connectivity index (χ0) is 17.3. The molecule has 1 aliphatic heterocycles. The third-order valence-electron chi connectivity index (χ3n) is 4.33. The molecule has 0 spiro atoms. The SMILES string of the molecule is Cc1oc(C(=O)N2CC[C@H](Cc3ccccc3)C2)cc1S(N)(=O)=O. The molecule has 0 radical (unpaired) electrons. The molecule has 2 heterocycles. The van der Waals surface area contributed by atoms with Crippen LogP contribution in [0.15, 0.2) is 45.7 Å². The lowest BCUT2D eigenvalue weighted by molar-refractivity contribution is 0.0754. The third-order valence-corrected chi connectivity index (χ3v) is 5.35. The van der Waals surface area contributed by atoms with E-state index in [1.165, 1.54) is 18.6 Å². The second-order valence-corrected chi connectivity index (χ2v) is 7.70. The highest BCUT2D eigenvalue weighted by Crippen LogP contribution is 2.25. The maximum atomic E-state index is 12.5. The van der Waals surface area contributed by atoms with Gasteiger partial charge in [-0.05, 0) is 31.2 Å². The zero-order valence-electron chi connectivity index (χ0n) is 13.4. The lowest BCUT2D eigenvalue weighted by Crippen LogP contribution is -2.28. The molecule has 6 nitrogen and oxygen atoms in total. The molecule has 128 valence electrons. The smallest absolute Gasteiger partial charge is 0.289 e. The number of aryl methyl sites for hydroxylation is 1. The van der Waals surface area contributed by atoms with Gasteiger partial charge in [0.25, 0.3) is 5.91 Å². The minimum absolute atomic E-state index is 0.0249. The summed E-state index contributed by atoms with van der Waals surface area (Å²) in [6.07, 6.45) is 1.84. The Morgan fingerprint density at radius 1 is 1.33 bits per heavy atom. The van der Waals surface area contributed by atoms with E-state index in [1.807, 2.05) is 18.2 Å². The summed E-state index contributed by atoms with van der Waals surface area (Å²) >= 11 is 0. The number of sulfonamides is 1. The standard InChI is InChI=1S/C17H20N2O4S/c1-12-16(24(18,21)22)10-15(23-12)17(20)19-8-7-14(11-19)9-13-5-3-2-4-6-13/h2-6,10,14H,7-9,11H2,1H3,(H2,18,21,22)/t14-/m1/s1. The van der Waals surface area contributed by atoms with Crippen molar-refractivity contribution in [1.29, 1.82) is 0 Å². The van der Waals surface area contributed by atoms with E-state index in [0.717, 1.165) is 12.8 Å². The Labute approximate surface area is 141 Å². The van der Waals surface area contributed by atoms with Crippen molar-refractivity contribution in [3.05, 3.63) is 53.5 Å². The van der Waals surface area contributed by atoms with E-state index < -0.39 is 10.0 Å². The number of rotatable bonds is 4. The zero-order valence-corrected chi connectivity index (χ0v) is 14.3. The van der Waals surface area contributed by atoms with Gasteiger partial charge in [-0.1, -0.05) is 30.3 Å². The van der Waals surface area contributed by atoms with Crippen molar-refractivity contribution in [2.75, 3.05) is 13.1 Å². The van der Waals surface area contributed by atoms with E-state index in [0.29, 0.717) is 19.0 Å². The van der Waals surface area contributed by atoms with Gasteiger partial charge in [0, 0.05) is 19.2 Å². The van der Waals surface area contributed by atoms with Gasteiger partial charge in [0.15, 0.2) is 5.76 Å². The van der Waals surface area contributed by atoms with E-state index in [2.05, 4.69) is 12.1 Å². The number of benzene rings is 1. The Kier molecular flexibility index (Phi) is 4.47. The normalized spacial score (nSPS) is 18.1. The third kappa shape index (κ3) is 3.52. The molecule has 7 heteroatoms. The number of hydrogen-bond donors (Lipinski definition) is 1. The average Bonchev–Trinajstić information content (AvgIpc) is 3.14. The summed E-state index contributed by atoms with van der Waals surface area (Å²) in [6.45, 7) is 2.76. The van der Waals surface area contributed by atoms with Gasteiger partial charge in [-0.2, -0.15) is 0 Å². The van der Waals surface area contributed by atoms with E-state index in [1.54, 1.807) is 4.90 Å². The number of amides is 1. The highest BCUT2D eigenvalue weighted by molar-refractivity contribution is 7.89. The van der Waals surface area contributed by atoms with E-state index in [9.17, 15) is 13.2 Å². The molecular formula is C17H20N2O4S. The molecule has 1 atom stereocenters. The summed E-state index contributed by atoms with van der Waals surface area (Å²) in [5.41, 5.74) is 1.25. The largest absolute Gasteiger partial charge is 0.455 e. The molecule has 0 bridgehead atoms. The summed E-state index contributed by atoms with van der Waals surface area (Å²) in [4.78, 5) is 14.1. The lowest BCUT2D eigenvalue weighted by Gasteiger charge is -2.15. The van der Waals surface area contributed by atoms with Crippen LogP contribution in [0.25, 0.3) is 0 Å². The molecule has 3 rings (SSSR count). The molecule has 1 amide bonds. The second-order valence-electron chi connectivity index (χ2n) is 6.17. The monoisotopic (exact) mass is 348 g/mol. The molecular weight excluding hydrogens is 328 g/mol. The van der Waals surface area contributed by atoms with Crippen LogP contribution in [0.1, 0.15) is 28.3 Å². The Morgan fingerprint density at radius 3 is 2.67 bits per heavy atom. The Morgan fingerprint density at radius 2 is 2.04 bits per heavy atom. The molecule has 1 aromatic carbocycles. The van der Waals surface area contributed by atoms with Crippen molar-refractivity contribution in [2.24, 2.45) is 11.1 Å². The molecule has 1 fully saturated rings. The fourth-order valence-corrected chi connectivity index (χ4v) is 3.85. The Bertz CT molecular complexity index is 843.